The lowest BCUT2D eigenvalue weighted by molar-refractivity contribution is 0.171. The molecule has 0 unspecified atom stereocenters. The van der Waals surface area contributed by atoms with Gasteiger partial charge in [-0.1, -0.05) is 44.2 Å². The van der Waals surface area contributed by atoms with Gasteiger partial charge >= 0.3 is 0 Å². The Bertz CT molecular complexity index is 867. The minimum absolute atomic E-state index is 0.0735. The van der Waals surface area contributed by atoms with Crippen LogP contribution in [0, 0.1) is 0 Å². The summed E-state index contributed by atoms with van der Waals surface area (Å²) in [5, 5.41) is 0. The third-order valence-electron chi connectivity index (χ3n) is 4.98. The highest BCUT2D eigenvalue weighted by Gasteiger charge is 2.23. The highest BCUT2D eigenvalue weighted by molar-refractivity contribution is 7.89. The van der Waals surface area contributed by atoms with Crippen molar-refractivity contribution in [2.75, 3.05) is 32.8 Å². The van der Waals surface area contributed by atoms with E-state index < -0.39 is 10.0 Å². The first kappa shape index (κ1) is 20.6. The highest BCUT2D eigenvalue weighted by atomic mass is 32.2. The van der Waals surface area contributed by atoms with E-state index in [1.807, 2.05) is 18.2 Å². The first-order valence-electron chi connectivity index (χ1n) is 9.70. The standard InChI is InChI=1S/C21H28N2O4S/c1-3-23(4-2)18(14-17-8-6-5-7-9-17)16-22-28(24,25)19-10-11-20-21(15-19)27-13-12-26-20/h5-11,15,18,22H,3-4,12-14,16H2,1-2H3/t18-/m0/s1. The maximum atomic E-state index is 12.8. The summed E-state index contributed by atoms with van der Waals surface area (Å²) in [6, 6.07) is 15.0. The second-order valence-electron chi connectivity index (χ2n) is 6.72. The van der Waals surface area contributed by atoms with Crippen LogP contribution in [0.25, 0.3) is 0 Å². The van der Waals surface area contributed by atoms with Crippen molar-refractivity contribution in [2.24, 2.45) is 0 Å². The van der Waals surface area contributed by atoms with Crippen molar-refractivity contribution in [3.63, 3.8) is 0 Å². The molecule has 0 radical (unpaired) electrons. The number of fused-ring (bicyclic) bond motifs is 1. The quantitative estimate of drug-likeness (QED) is 0.696. The molecule has 0 fully saturated rings. The predicted molar refractivity (Wildman–Crippen MR) is 109 cm³/mol. The minimum atomic E-state index is -3.64. The Morgan fingerprint density at radius 1 is 1.00 bits per heavy atom. The number of sulfonamides is 1. The Hall–Kier alpha value is -2.09. The predicted octanol–water partition coefficient (Wildman–Crippen LogP) is 2.69. The second kappa shape index (κ2) is 9.41. The van der Waals surface area contributed by atoms with E-state index in [2.05, 4.69) is 35.6 Å². The molecule has 1 heterocycles. The van der Waals surface area contributed by atoms with Crippen LogP contribution in [0.3, 0.4) is 0 Å². The molecule has 0 aromatic heterocycles. The maximum Gasteiger partial charge on any atom is 0.240 e. The van der Waals surface area contributed by atoms with Gasteiger partial charge in [0.15, 0.2) is 11.5 Å². The van der Waals surface area contributed by atoms with E-state index in [-0.39, 0.29) is 10.9 Å². The van der Waals surface area contributed by atoms with Gasteiger partial charge in [0.2, 0.25) is 10.0 Å². The minimum Gasteiger partial charge on any atom is -0.486 e. The Balaban J connectivity index is 1.73. The van der Waals surface area contributed by atoms with Gasteiger partial charge in [-0.3, -0.25) is 4.90 Å². The molecular weight excluding hydrogens is 376 g/mol. The monoisotopic (exact) mass is 404 g/mol. The van der Waals surface area contributed by atoms with Gasteiger partial charge in [0, 0.05) is 18.7 Å². The van der Waals surface area contributed by atoms with Crippen LogP contribution < -0.4 is 14.2 Å². The molecule has 28 heavy (non-hydrogen) atoms. The first-order valence-corrected chi connectivity index (χ1v) is 11.2. The molecule has 7 heteroatoms. The zero-order valence-electron chi connectivity index (χ0n) is 16.4. The van der Waals surface area contributed by atoms with Crippen LogP contribution in [0.2, 0.25) is 0 Å². The lowest BCUT2D eigenvalue weighted by Gasteiger charge is -2.30. The van der Waals surface area contributed by atoms with Crippen LogP contribution in [0.5, 0.6) is 11.5 Å². The van der Waals surface area contributed by atoms with Crippen molar-refractivity contribution in [3.8, 4) is 11.5 Å². The van der Waals surface area contributed by atoms with Crippen LogP contribution in [0.1, 0.15) is 19.4 Å². The fourth-order valence-corrected chi connectivity index (χ4v) is 4.52. The maximum absolute atomic E-state index is 12.8. The molecule has 0 amide bonds. The Kier molecular flexibility index (Phi) is 6.93. The largest absolute Gasteiger partial charge is 0.486 e. The summed E-state index contributed by atoms with van der Waals surface area (Å²) < 4.78 is 39.5. The number of hydrogen-bond acceptors (Lipinski definition) is 5. The zero-order chi connectivity index (χ0) is 20.0. The van der Waals surface area contributed by atoms with Crippen molar-refractivity contribution < 1.29 is 17.9 Å². The van der Waals surface area contributed by atoms with Gasteiger partial charge in [0.05, 0.1) is 4.90 Å². The molecule has 0 saturated heterocycles. The van der Waals surface area contributed by atoms with Gasteiger partial charge < -0.3 is 9.47 Å². The van der Waals surface area contributed by atoms with E-state index in [0.29, 0.717) is 31.3 Å². The van der Waals surface area contributed by atoms with Crippen LogP contribution in [-0.2, 0) is 16.4 Å². The van der Waals surface area contributed by atoms with E-state index in [0.717, 1.165) is 19.5 Å². The number of likely N-dealkylation sites (N-methyl/N-ethyl adjacent to an activating group) is 1. The number of benzene rings is 2. The molecule has 2 aromatic carbocycles. The van der Waals surface area contributed by atoms with Crippen LogP contribution in [0.15, 0.2) is 53.4 Å². The van der Waals surface area contributed by atoms with E-state index >= 15 is 0 Å². The van der Waals surface area contributed by atoms with E-state index in [1.165, 1.54) is 11.6 Å². The van der Waals surface area contributed by atoms with Crippen LogP contribution >= 0.6 is 0 Å². The number of nitrogens with zero attached hydrogens (tertiary/aromatic N) is 1. The summed E-state index contributed by atoms with van der Waals surface area (Å²) >= 11 is 0. The Labute approximate surface area is 167 Å². The number of rotatable bonds is 9. The van der Waals surface area contributed by atoms with Gasteiger partial charge in [-0.15, -0.1) is 0 Å². The molecule has 0 spiro atoms. The molecular formula is C21H28N2O4S. The fourth-order valence-electron chi connectivity index (χ4n) is 3.44. The third kappa shape index (κ3) is 5.04. The molecule has 1 aliphatic heterocycles. The molecule has 6 nitrogen and oxygen atoms in total. The van der Waals surface area contributed by atoms with Gasteiger partial charge in [-0.05, 0) is 37.2 Å². The summed E-state index contributed by atoms with van der Waals surface area (Å²) in [5.41, 5.74) is 1.19. The van der Waals surface area contributed by atoms with Crippen LogP contribution in [-0.4, -0.2) is 52.2 Å². The van der Waals surface area contributed by atoms with Crippen LogP contribution in [0.4, 0.5) is 0 Å². The lowest BCUT2D eigenvalue weighted by Crippen LogP contribution is -2.45. The fraction of sp³-hybridized carbons (Fsp3) is 0.429. The van der Waals surface area contributed by atoms with Crippen molar-refractivity contribution in [1.29, 1.82) is 0 Å². The molecule has 1 atom stereocenters. The Morgan fingerprint density at radius 2 is 1.68 bits per heavy atom. The molecule has 0 aliphatic carbocycles. The third-order valence-corrected chi connectivity index (χ3v) is 6.40. The van der Waals surface area contributed by atoms with Gasteiger partial charge in [0.25, 0.3) is 0 Å². The molecule has 3 rings (SSSR count). The topological polar surface area (TPSA) is 67.9 Å². The average Bonchev–Trinajstić information content (AvgIpc) is 2.73. The average molecular weight is 405 g/mol. The van der Waals surface area contributed by atoms with Crippen molar-refractivity contribution in [1.82, 2.24) is 9.62 Å². The number of ether oxygens (including phenoxy) is 2. The van der Waals surface area contributed by atoms with Crippen molar-refractivity contribution in [3.05, 3.63) is 54.1 Å². The molecule has 0 bridgehead atoms. The van der Waals surface area contributed by atoms with Crippen molar-refractivity contribution >= 4 is 10.0 Å². The first-order chi connectivity index (χ1) is 13.5. The SMILES string of the molecule is CCN(CC)[C@H](CNS(=O)(=O)c1ccc2c(c1)OCCO2)Cc1ccccc1. The number of hydrogen-bond donors (Lipinski definition) is 1. The van der Waals surface area contributed by atoms with E-state index in [1.54, 1.807) is 12.1 Å². The van der Waals surface area contributed by atoms with Gasteiger partial charge in [-0.25, -0.2) is 13.1 Å². The van der Waals surface area contributed by atoms with Crippen molar-refractivity contribution in [2.45, 2.75) is 31.2 Å². The van der Waals surface area contributed by atoms with Gasteiger partial charge in [0.1, 0.15) is 13.2 Å². The summed E-state index contributed by atoms with van der Waals surface area (Å²) in [4.78, 5) is 2.47. The van der Waals surface area contributed by atoms with E-state index in [9.17, 15) is 8.42 Å². The molecule has 0 saturated carbocycles. The summed E-state index contributed by atoms with van der Waals surface area (Å²) in [7, 11) is -3.64. The molecule has 1 aliphatic rings. The van der Waals surface area contributed by atoms with E-state index in [4.69, 9.17) is 9.47 Å². The molecule has 2 aromatic rings. The number of nitrogens with one attached hydrogen (secondary N) is 1. The highest BCUT2D eigenvalue weighted by Crippen LogP contribution is 2.32. The lowest BCUT2D eigenvalue weighted by atomic mass is 10.0. The molecule has 1 N–H and O–H groups in total. The smallest absolute Gasteiger partial charge is 0.240 e. The normalized spacial score (nSPS) is 14.8. The Morgan fingerprint density at radius 3 is 2.36 bits per heavy atom. The summed E-state index contributed by atoms with van der Waals surface area (Å²) in [6.07, 6.45) is 0.784. The molecule has 152 valence electrons. The second-order valence-corrected chi connectivity index (χ2v) is 8.49. The van der Waals surface area contributed by atoms with Gasteiger partial charge in [-0.2, -0.15) is 0 Å². The summed E-state index contributed by atoms with van der Waals surface area (Å²) in [6.45, 7) is 7.15. The summed E-state index contributed by atoms with van der Waals surface area (Å²) in [5.74, 6) is 1.05. The zero-order valence-corrected chi connectivity index (χ0v) is 17.2.